The van der Waals surface area contributed by atoms with Crippen molar-refractivity contribution in [3.8, 4) is 11.5 Å². The van der Waals surface area contributed by atoms with Crippen LogP contribution in [-0.4, -0.2) is 41.6 Å². The molecular weight excluding hydrogens is 458 g/mol. The number of hydrogen-bond donors (Lipinski definition) is 2. The van der Waals surface area contributed by atoms with Crippen molar-refractivity contribution in [2.24, 2.45) is 0 Å². The number of nitrogens with zero attached hydrogens (tertiary/aromatic N) is 5. The van der Waals surface area contributed by atoms with E-state index < -0.39 is 30.5 Å². The van der Waals surface area contributed by atoms with Crippen molar-refractivity contribution in [2.75, 3.05) is 5.32 Å². The largest absolute Gasteiger partial charge is 0.389 e. The van der Waals surface area contributed by atoms with Gasteiger partial charge in [-0.15, -0.1) is 0 Å². The Bertz CT molecular complexity index is 1400. The number of rotatable bonds is 3. The number of anilines is 1. The molecule has 0 saturated heterocycles. The molecule has 1 atom stereocenters. The van der Waals surface area contributed by atoms with Crippen LogP contribution in [0.5, 0.6) is 0 Å². The number of halogens is 4. The van der Waals surface area contributed by atoms with Crippen LogP contribution < -0.4 is 10.9 Å². The van der Waals surface area contributed by atoms with Crippen LogP contribution in [0.4, 0.5) is 23.4 Å². The third-order valence-corrected chi connectivity index (χ3v) is 4.98. The molecule has 1 aromatic carbocycles. The number of hydrogen-bond acceptors (Lipinski definition) is 6. The van der Waals surface area contributed by atoms with Crippen LogP contribution >= 0.6 is 0 Å². The molecule has 1 amide bonds. The van der Waals surface area contributed by atoms with Gasteiger partial charge in [0.05, 0.1) is 23.4 Å². The Morgan fingerprint density at radius 3 is 2.50 bits per heavy atom. The SMILES string of the molecule is C[C@H]1C(=O)Nc2nc(-c3cn4ncnc4c(CCC(F)(F)F)n3)[nH]c(=O)c21.Fc1ccccc1. The highest BCUT2D eigenvalue weighted by Crippen LogP contribution is 2.29. The third kappa shape index (κ3) is 4.92. The molecule has 0 bridgehead atoms. The minimum atomic E-state index is -4.35. The second kappa shape index (κ2) is 9.00. The van der Waals surface area contributed by atoms with Gasteiger partial charge in [0, 0.05) is 12.8 Å². The first-order chi connectivity index (χ1) is 16.1. The molecule has 0 spiro atoms. The molecule has 13 heteroatoms. The average molecular weight is 475 g/mol. The molecule has 34 heavy (non-hydrogen) atoms. The number of nitrogens with one attached hydrogen (secondary N) is 2. The Morgan fingerprint density at radius 2 is 1.85 bits per heavy atom. The third-order valence-electron chi connectivity index (χ3n) is 4.98. The molecule has 4 heterocycles. The van der Waals surface area contributed by atoms with Gasteiger partial charge in [-0.3, -0.25) is 9.59 Å². The van der Waals surface area contributed by atoms with Crippen molar-refractivity contribution in [1.82, 2.24) is 29.5 Å². The summed E-state index contributed by atoms with van der Waals surface area (Å²) in [4.78, 5) is 38.9. The first-order valence-electron chi connectivity index (χ1n) is 10.0. The zero-order chi connectivity index (χ0) is 24.5. The minimum Gasteiger partial charge on any atom is -0.310 e. The summed E-state index contributed by atoms with van der Waals surface area (Å²) in [6.45, 7) is 1.58. The maximum absolute atomic E-state index is 12.6. The van der Waals surface area contributed by atoms with Gasteiger partial charge >= 0.3 is 6.18 Å². The van der Waals surface area contributed by atoms with E-state index in [9.17, 15) is 27.2 Å². The predicted octanol–water partition coefficient (Wildman–Crippen LogP) is 3.25. The number of benzene rings is 1. The molecule has 0 radical (unpaired) electrons. The maximum atomic E-state index is 12.6. The van der Waals surface area contributed by atoms with Crippen LogP contribution in [0.25, 0.3) is 17.2 Å². The monoisotopic (exact) mass is 475 g/mol. The van der Waals surface area contributed by atoms with Gasteiger partial charge in [0.25, 0.3) is 5.56 Å². The van der Waals surface area contributed by atoms with Crippen LogP contribution in [0.15, 0.2) is 47.7 Å². The van der Waals surface area contributed by atoms with Gasteiger partial charge in [-0.2, -0.15) is 18.3 Å². The van der Waals surface area contributed by atoms with Crippen molar-refractivity contribution in [2.45, 2.75) is 31.9 Å². The van der Waals surface area contributed by atoms with E-state index in [-0.39, 0.29) is 46.0 Å². The molecule has 0 saturated carbocycles. The summed E-state index contributed by atoms with van der Waals surface area (Å²) in [6.07, 6.45) is -3.24. The van der Waals surface area contributed by atoms with Crippen molar-refractivity contribution in [1.29, 1.82) is 0 Å². The molecule has 3 aromatic heterocycles. The number of aryl methyl sites for hydroxylation is 1. The number of carbonyl (C=O) groups is 1. The first kappa shape index (κ1) is 23.0. The van der Waals surface area contributed by atoms with E-state index in [0.717, 1.165) is 0 Å². The second-order valence-electron chi connectivity index (χ2n) is 7.40. The molecule has 5 rings (SSSR count). The quantitative estimate of drug-likeness (QED) is 0.439. The lowest BCUT2D eigenvalue weighted by molar-refractivity contribution is -0.134. The Morgan fingerprint density at radius 1 is 1.12 bits per heavy atom. The van der Waals surface area contributed by atoms with E-state index in [1.165, 1.54) is 29.2 Å². The Labute approximate surface area is 188 Å². The van der Waals surface area contributed by atoms with E-state index in [1.807, 2.05) is 0 Å². The van der Waals surface area contributed by atoms with Crippen LogP contribution in [0.2, 0.25) is 0 Å². The molecule has 176 valence electrons. The zero-order valence-corrected chi connectivity index (χ0v) is 17.6. The lowest BCUT2D eigenvalue weighted by Crippen LogP contribution is -2.17. The fraction of sp³-hybridized carbons (Fsp3) is 0.238. The second-order valence-corrected chi connectivity index (χ2v) is 7.40. The highest BCUT2D eigenvalue weighted by atomic mass is 19.4. The average Bonchev–Trinajstić information content (AvgIpc) is 3.37. The molecule has 0 unspecified atom stereocenters. The van der Waals surface area contributed by atoms with Crippen molar-refractivity contribution in [3.63, 3.8) is 0 Å². The van der Waals surface area contributed by atoms with Gasteiger partial charge in [-0.05, 0) is 19.1 Å². The number of fused-ring (bicyclic) bond motifs is 2. The van der Waals surface area contributed by atoms with Gasteiger partial charge in [0.15, 0.2) is 11.5 Å². The summed E-state index contributed by atoms with van der Waals surface area (Å²) >= 11 is 0. The van der Waals surface area contributed by atoms with E-state index >= 15 is 0 Å². The highest BCUT2D eigenvalue weighted by molar-refractivity contribution is 6.01. The molecular formula is C21H17F4N7O2. The van der Waals surface area contributed by atoms with Crippen molar-refractivity contribution < 1.29 is 22.4 Å². The summed E-state index contributed by atoms with van der Waals surface area (Å²) < 4.78 is 51.0. The number of amides is 1. The minimum absolute atomic E-state index is 0.0128. The summed E-state index contributed by atoms with van der Waals surface area (Å²) in [5.41, 5.74) is 0.0660. The first-order valence-corrected chi connectivity index (χ1v) is 10.0. The number of carbonyl (C=O) groups excluding carboxylic acids is 1. The van der Waals surface area contributed by atoms with Crippen molar-refractivity contribution >= 4 is 17.4 Å². The van der Waals surface area contributed by atoms with Gasteiger partial charge in [0.2, 0.25) is 5.91 Å². The molecule has 0 aliphatic carbocycles. The van der Waals surface area contributed by atoms with Crippen LogP contribution in [0.3, 0.4) is 0 Å². The molecule has 2 N–H and O–H groups in total. The summed E-state index contributed by atoms with van der Waals surface area (Å²) in [7, 11) is 0. The van der Waals surface area contributed by atoms with Gasteiger partial charge in [-0.25, -0.2) is 23.9 Å². The van der Waals surface area contributed by atoms with Gasteiger partial charge in [0.1, 0.15) is 23.7 Å². The summed E-state index contributed by atoms with van der Waals surface area (Å²) in [6, 6.07) is 7.94. The smallest absolute Gasteiger partial charge is 0.310 e. The van der Waals surface area contributed by atoms with E-state index in [0.29, 0.717) is 0 Å². The van der Waals surface area contributed by atoms with E-state index in [2.05, 4.69) is 30.4 Å². The fourth-order valence-electron chi connectivity index (χ4n) is 3.30. The molecule has 9 nitrogen and oxygen atoms in total. The van der Waals surface area contributed by atoms with E-state index in [1.54, 1.807) is 25.1 Å². The van der Waals surface area contributed by atoms with Crippen LogP contribution in [0.1, 0.15) is 30.5 Å². The summed E-state index contributed by atoms with van der Waals surface area (Å²) in [5, 5.41) is 6.43. The zero-order valence-electron chi connectivity index (χ0n) is 17.6. The topological polar surface area (TPSA) is 118 Å². The normalized spacial score (nSPS) is 15.0. The fourth-order valence-corrected chi connectivity index (χ4v) is 3.30. The number of H-pyrrole nitrogens is 1. The van der Waals surface area contributed by atoms with Crippen molar-refractivity contribution in [3.05, 3.63) is 70.3 Å². The van der Waals surface area contributed by atoms with Gasteiger partial charge in [-0.1, -0.05) is 18.2 Å². The lowest BCUT2D eigenvalue weighted by Gasteiger charge is -2.09. The summed E-state index contributed by atoms with van der Waals surface area (Å²) in [5.74, 6) is -1.05. The Balaban J connectivity index is 0.000000336. The number of aromatic nitrogens is 6. The standard InChI is InChI=1S/C15H12F3N7O2.C6H5F/c1-6-9-11(24-13(6)26)22-10(23-14(9)27)8-4-25-12(19-5-20-25)7(21-8)2-3-15(16,17)18;7-6-4-2-1-3-5-6/h4-6H,2-3H2,1H3,(H2,22,23,24,26,27);1-5H/t6-;/m1./s1. The number of aromatic amines is 1. The van der Waals surface area contributed by atoms with Gasteiger partial charge < -0.3 is 10.3 Å². The lowest BCUT2D eigenvalue weighted by atomic mass is 10.1. The Hall–Kier alpha value is -4.16. The number of alkyl halides is 3. The molecule has 4 aromatic rings. The molecule has 0 fully saturated rings. The predicted molar refractivity (Wildman–Crippen MR) is 112 cm³/mol. The molecule has 1 aliphatic rings. The molecule has 1 aliphatic heterocycles. The maximum Gasteiger partial charge on any atom is 0.389 e. The van der Waals surface area contributed by atoms with Crippen LogP contribution in [-0.2, 0) is 11.2 Å². The Kier molecular flexibility index (Phi) is 6.09. The van der Waals surface area contributed by atoms with Crippen LogP contribution in [0, 0.1) is 5.82 Å². The highest BCUT2D eigenvalue weighted by Gasteiger charge is 2.32. The van der Waals surface area contributed by atoms with E-state index in [4.69, 9.17) is 0 Å².